The number of ether oxygens (including phenoxy) is 1. The van der Waals surface area contributed by atoms with Crippen molar-refractivity contribution in [2.45, 2.75) is 33.2 Å². The Balaban J connectivity index is 1.82. The number of amides is 2. The molecule has 0 aromatic heterocycles. The molecule has 0 aliphatic carbocycles. The molecule has 0 bridgehead atoms. The molecule has 2 N–H and O–H groups in total. The van der Waals surface area contributed by atoms with Crippen LogP contribution in [0.4, 0.5) is 5.69 Å². The van der Waals surface area contributed by atoms with Crippen LogP contribution in [-0.4, -0.2) is 18.4 Å². The van der Waals surface area contributed by atoms with E-state index in [1.54, 1.807) is 12.1 Å². The highest BCUT2D eigenvalue weighted by Gasteiger charge is 2.09. The van der Waals surface area contributed by atoms with E-state index in [0.717, 1.165) is 22.6 Å². The molecule has 0 spiro atoms. The average Bonchev–Trinajstić information content (AvgIpc) is 2.59. The van der Waals surface area contributed by atoms with Crippen LogP contribution in [0.5, 0.6) is 5.75 Å². The van der Waals surface area contributed by atoms with Crippen LogP contribution in [0.3, 0.4) is 0 Å². The Labute approximate surface area is 148 Å². The number of rotatable bonds is 7. The summed E-state index contributed by atoms with van der Waals surface area (Å²) in [5, 5.41) is 5.53. The third-order valence-corrected chi connectivity index (χ3v) is 3.66. The van der Waals surface area contributed by atoms with Crippen LogP contribution in [0.1, 0.15) is 37.8 Å². The van der Waals surface area contributed by atoms with E-state index in [9.17, 15) is 9.59 Å². The molecule has 2 rings (SSSR count). The minimum Gasteiger partial charge on any atom is -0.483 e. The fraction of sp³-hybridized carbons (Fsp3) is 0.300. The van der Waals surface area contributed by atoms with Gasteiger partial charge in [-0.15, -0.1) is 0 Å². The summed E-state index contributed by atoms with van der Waals surface area (Å²) in [6, 6.07) is 15.1. The lowest BCUT2D eigenvalue weighted by molar-refractivity contribution is -0.123. The van der Waals surface area contributed by atoms with Crippen molar-refractivity contribution in [2.75, 3.05) is 11.9 Å². The van der Waals surface area contributed by atoms with Gasteiger partial charge in [-0.05, 0) is 35.2 Å². The van der Waals surface area contributed by atoms with Crippen LogP contribution in [0.2, 0.25) is 0 Å². The molecule has 5 nitrogen and oxygen atoms in total. The minimum atomic E-state index is -0.176. The molecule has 0 aliphatic heterocycles. The van der Waals surface area contributed by atoms with E-state index in [1.165, 1.54) is 6.92 Å². The van der Waals surface area contributed by atoms with Gasteiger partial charge >= 0.3 is 0 Å². The number of anilines is 1. The second-order valence-corrected chi connectivity index (χ2v) is 6.14. The molecule has 0 fully saturated rings. The molecule has 0 radical (unpaired) electrons. The zero-order valence-electron chi connectivity index (χ0n) is 14.8. The fourth-order valence-electron chi connectivity index (χ4n) is 2.39. The second-order valence-electron chi connectivity index (χ2n) is 6.14. The van der Waals surface area contributed by atoms with Gasteiger partial charge in [-0.25, -0.2) is 0 Å². The lowest BCUT2D eigenvalue weighted by Gasteiger charge is -2.13. The summed E-state index contributed by atoms with van der Waals surface area (Å²) < 4.78 is 5.65. The van der Waals surface area contributed by atoms with E-state index in [0.29, 0.717) is 12.5 Å². The van der Waals surface area contributed by atoms with E-state index < -0.39 is 0 Å². The zero-order valence-corrected chi connectivity index (χ0v) is 14.8. The van der Waals surface area contributed by atoms with Crippen LogP contribution >= 0.6 is 0 Å². The summed E-state index contributed by atoms with van der Waals surface area (Å²) in [6.07, 6.45) is 0. The fourth-order valence-corrected chi connectivity index (χ4v) is 2.39. The Bertz CT molecular complexity index is 724. The Morgan fingerprint density at radius 2 is 1.72 bits per heavy atom. The molecule has 2 aromatic carbocycles. The first kappa shape index (κ1) is 18.5. The van der Waals surface area contributed by atoms with Gasteiger partial charge in [0.1, 0.15) is 5.75 Å². The molecular weight excluding hydrogens is 316 g/mol. The Kier molecular flexibility index (Phi) is 6.57. The molecule has 0 unspecified atom stereocenters. The maximum atomic E-state index is 12.0. The molecule has 5 heteroatoms. The van der Waals surface area contributed by atoms with E-state index in [2.05, 4.69) is 24.5 Å². The Morgan fingerprint density at radius 1 is 1.04 bits per heavy atom. The molecule has 132 valence electrons. The molecular formula is C20H24N2O3. The van der Waals surface area contributed by atoms with Gasteiger partial charge in [0.2, 0.25) is 5.91 Å². The molecule has 0 atom stereocenters. The van der Waals surface area contributed by atoms with Gasteiger partial charge in [0.05, 0.1) is 0 Å². The average molecular weight is 340 g/mol. The predicted molar refractivity (Wildman–Crippen MR) is 98.6 cm³/mol. The maximum Gasteiger partial charge on any atom is 0.258 e. The van der Waals surface area contributed by atoms with Crippen LogP contribution in [-0.2, 0) is 16.1 Å². The first-order valence-corrected chi connectivity index (χ1v) is 8.30. The summed E-state index contributed by atoms with van der Waals surface area (Å²) in [5.41, 5.74) is 2.77. The Morgan fingerprint density at radius 3 is 2.36 bits per heavy atom. The van der Waals surface area contributed by atoms with Crippen molar-refractivity contribution in [3.63, 3.8) is 0 Å². The van der Waals surface area contributed by atoms with Crippen molar-refractivity contribution in [2.24, 2.45) is 0 Å². The van der Waals surface area contributed by atoms with Crippen molar-refractivity contribution in [1.82, 2.24) is 5.32 Å². The number of hydrogen-bond acceptors (Lipinski definition) is 3. The monoisotopic (exact) mass is 340 g/mol. The number of para-hydroxylation sites is 1. The second kappa shape index (κ2) is 8.87. The molecule has 25 heavy (non-hydrogen) atoms. The third kappa shape index (κ3) is 5.95. The number of hydrogen-bond donors (Lipinski definition) is 2. The number of carbonyl (C=O) groups excluding carboxylic acids is 2. The number of benzene rings is 2. The van der Waals surface area contributed by atoms with Crippen LogP contribution in [0, 0.1) is 0 Å². The summed E-state index contributed by atoms with van der Waals surface area (Å²) >= 11 is 0. The SMILES string of the molecule is CC(=O)Nc1ccc(CNC(=O)COc2ccccc2C(C)C)cc1. The smallest absolute Gasteiger partial charge is 0.258 e. The van der Waals surface area contributed by atoms with Gasteiger partial charge in [0.15, 0.2) is 6.61 Å². The molecule has 0 saturated carbocycles. The molecule has 0 saturated heterocycles. The van der Waals surface area contributed by atoms with Crippen molar-refractivity contribution >= 4 is 17.5 Å². The van der Waals surface area contributed by atoms with Crippen molar-refractivity contribution in [3.05, 3.63) is 59.7 Å². The summed E-state index contributed by atoms with van der Waals surface area (Å²) in [6.45, 7) is 6.04. The molecule has 0 aliphatic rings. The van der Waals surface area contributed by atoms with E-state index >= 15 is 0 Å². The van der Waals surface area contributed by atoms with Gasteiger partial charge in [-0.1, -0.05) is 44.2 Å². The minimum absolute atomic E-state index is 0.0201. The molecule has 0 heterocycles. The van der Waals surface area contributed by atoms with Crippen molar-refractivity contribution in [1.29, 1.82) is 0 Å². The highest BCUT2D eigenvalue weighted by molar-refractivity contribution is 5.88. The lowest BCUT2D eigenvalue weighted by atomic mass is 10.0. The normalized spacial score (nSPS) is 10.4. The summed E-state index contributed by atoms with van der Waals surface area (Å²) in [4.78, 5) is 23.0. The quantitative estimate of drug-likeness (QED) is 0.811. The summed E-state index contributed by atoms with van der Waals surface area (Å²) in [7, 11) is 0. The van der Waals surface area contributed by atoms with Gasteiger partial charge in [-0.2, -0.15) is 0 Å². The van der Waals surface area contributed by atoms with E-state index in [1.807, 2.05) is 36.4 Å². The van der Waals surface area contributed by atoms with Crippen molar-refractivity contribution < 1.29 is 14.3 Å². The van der Waals surface area contributed by atoms with E-state index in [-0.39, 0.29) is 18.4 Å². The van der Waals surface area contributed by atoms with Crippen LogP contribution in [0.15, 0.2) is 48.5 Å². The van der Waals surface area contributed by atoms with Crippen molar-refractivity contribution in [3.8, 4) is 5.75 Å². The van der Waals surface area contributed by atoms with Gasteiger partial charge < -0.3 is 15.4 Å². The Hall–Kier alpha value is -2.82. The van der Waals surface area contributed by atoms with Gasteiger partial charge in [-0.3, -0.25) is 9.59 Å². The third-order valence-electron chi connectivity index (χ3n) is 3.66. The number of nitrogens with one attached hydrogen (secondary N) is 2. The predicted octanol–water partition coefficient (Wildman–Crippen LogP) is 3.46. The zero-order chi connectivity index (χ0) is 18.2. The maximum absolute atomic E-state index is 12.0. The molecule has 2 aromatic rings. The topological polar surface area (TPSA) is 67.4 Å². The van der Waals surface area contributed by atoms with Crippen LogP contribution in [0.25, 0.3) is 0 Å². The highest BCUT2D eigenvalue weighted by atomic mass is 16.5. The largest absolute Gasteiger partial charge is 0.483 e. The molecule has 2 amide bonds. The first-order chi connectivity index (χ1) is 12.0. The van der Waals surface area contributed by atoms with Gasteiger partial charge in [0, 0.05) is 19.2 Å². The van der Waals surface area contributed by atoms with Gasteiger partial charge in [0.25, 0.3) is 5.91 Å². The van der Waals surface area contributed by atoms with Crippen LogP contribution < -0.4 is 15.4 Å². The highest BCUT2D eigenvalue weighted by Crippen LogP contribution is 2.25. The lowest BCUT2D eigenvalue weighted by Crippen LogP contribution is -2.28. The van der Waals surface area contributed by atoms with E-state index in [4.69, 9.17) is 4.74 Å². The summed E-state index contributed by atoms with van der Waals surface area (Å²) in [5.74, 6) is 0.790. The standard InChI is InChI=1S/C20H24N2O3/c1-14(2)18-6-4-5-7-19(18)25-13-20(24)21-12-16-8-10-17(11-9-16)22-15(3)23/h4-11,14H,12-13H2,1-3H3,(H,21,24)(H,22,23). The first-order valence-electron chi connectivity index (χ1n) is 8.30. The number of carbonyl (C=O) groups is 2.